The summed E-state index contributed by atoms with van der Waals surface area (Å²) in [4.78, 5) is 43.1. The van der Waals surface area contributed by atoms with Crippen molar-refractivity contribution >= 4 is 36.9 Å². The van der Waals surface area contributed by atoms with Gasteiger partial charge in [0.1, 0.15) is 24.6 Å². The molecule has 2 aliphatic rings. The van der Waals surface area contributed by atoms with Crippen molar-refractivity contribution in [2.24, 2.45) is 0 Å². The Labute approximate surface area is 210 Å². The van der Waals surface area contributed by atoms with Crippen LogP contribution in [0.2, 0.25) is 0 Å². The highest BCUT2D eigenvalue weighted by Crippen LogP contribution is 2.43. The first-order chi connectivity index (χ1) is 17.8. The lowest BCUT2D eigenvalue weighted by atomic mass is 10.1. The number of phosphoric ester groups is 1. The van der Waals surface area contributed by atoms with Crippen LogP contribution in [0.3, 0.4) is 0 Å². The number of ether oxygens (including phenoxy) is 3. The van der Waals surface area contributed by atoms with Crippen LogP contribution in [-0.4, -0.2) is 73.1 Å². The van der Waals surface area contributed by atoms with Gasteiger partial charge in [-0.2, -0.15) is 0 Å². The van der Waals surface area contributed by atoms with Gasteiger partial charge in [0.2, 0.25) is 0 Å². The predicted molar refractivity (Wildman–Crippen MR) is 129 cm³/mol. The number of hydrogen-bond acceptors (Lipinski definition) is 9. The number of amides is 2. The van der Waals surface area contributed by atoms with E-state index in [0.717, 1.165) is 5.56 Å². The number of carbonyl (C=O) groups is 1. The lowest BCUT2D eigenvalue weighted by molar-refractivity contribution is -0.132. The number of benzene rings is 1. The molecule has 1 aromatic carbocycles. The number of rotatable bonds is 8. The van der Waals surface area contributed by atoms with Crippen LogP contribution >= 0.6 is 7.82 Å². The molecular formula is C22H25N6O8P. The van der Waals surface area contributed by atoms with E-state index < -0.39 is 51.3 Å². The molecule has 2 fully saturated rings. The SMILES string of the molecule is CCNC(=O)Nc1ncnc2c1ncn2[C@@H]1O[C@H](COP(=O)(O)O)C2O[C@H](/C=C/c3ccccc3)OC21. The standard InChI is InChI=1S/C22H25N6O8P/c1-2-23-22(29)27-19-16-20(25-11-24-19)28(12-26-16)21-18-17(14(34-21)10-33-37(30,31)32)35-15(36-18)9-8-13-6-4-3-5-7-13/h3-9,11-12,14-15,17-18,21H,2,10H2,1H3,(H2,30,31,32)(H2,23,24,25,27,29)/b9-8+/t14-,15+,17?,18?,21-/m1/s1. The van der Waals surface area contributed by atoms with E-state index in [4.69, 9.17) is 18.7 Å². The second kappa shape index (κ2) is 10.6. The monoisotopic (exact) mass is 532 g/mol. The van der Waals surface area contributed by atoms with E-state index >= 15 is 0 Å². The Morgan fingerprint density at radius 2 is 1.95 bits per heavy atom. The number of anilines is 1. The number of nitrogens with zero attached hydrogens (tertiary/aromatic N) is 4. The third-order valence-electron chi connectivity index (χ3n) is 5.72. The largest absolute Gasteiger partial charge is 0.469 e. The van der Waals surface area contributed by atoms with E-state index in [9.17, 15) is 19.1 Å². The average Bonchev–Trinajstić information content (AvgIpc) is 3.56. The summed E-state index contributed by atoms with van der Waals surface area (Å²) < 4.78 is 35.9. The lowest BCUT2D eigenvalue weighted by Crippen LogP contribution is -2.31. The molecule has 0 spiro atoms. The predicted octanol–water partition coefficient (Wildman–Crippen LogP) is 1.80. The number of phosphoric acid groups is 1. The van der Waals surface area contributed by atoms with Crippen molar-refractivity contribution in [1.29, 1.82) is 0 Å². The van der Waals surface area contributed by atoms with Gasteiger partial charge in [0, 0.05) is 6.54 Å². The van der Waals surface area contributed by atoms with E-state index in [2.05, 4.69) is 25.6 Å². The molecule has 5 rings (SSSR count). The summed E-state index contributed by atoms with van der Waals surface area (Å²) in [6.07, 6.45) is 2.55. The average molecular weight is 532 g/mol. The number of hydrogen-bond donors (Lipinski definition) is 4. The van der Waals surface area contributed by atoms with Crippen LogP contribution in [-0.2, 0) is 23.3 Å². The molecule has 5 atom stereocenters. The Balaban J connectivity index is 1.41. The van der Waals surface area contributed by atoms with Crippen molar-refractivity contribution in [3.63, 3.8) is 0 Å². The van der Waals surface area contributed by atoms with Gasteiger partial charge >= 0.3 is 13.9 Å². The molecule has 2 aliphatic heterocycles. The fourth-order valence-corrected chi connectivity index (χ4v) is 4.52. The topological polar surface area (TPSA) is 179 Å². The van der Waals surface area contributed by atoms with Crippen LogP contribution in [0, 0.1) is 0 Å². The Morgan fingerprint density at radius 3 is 2.70 bits per heavy atom. The highest BCUT2D eigenvalue weighted by atomic mass is 31.2. The van der Waals surface area contributed by atoms with E-state index in [-0.39, 0.29) is 5.82 Å². The summed E-state index contributed by atoms with van der Waals surface area (Å²) in [6, 6.07) is 9.14. The lowest BCUT2D eigenvalue weighted by Gasteiger charge is -2.20. The smallest absolute Gasteiger partial charge is 0.347 e. The van der Waals surface area contributed by atoms with Crippen molar-refractivity contribution in [3.05, 3.63) is 54.6 Å². The molecule has 4 heterocycles. The van der Waals surface area contributed by atoms with E-state index in [1.807, 2.05) is 36.4 Å². The number of nitrogens with one attached hydrogen (secondary N) is 2. The maximum atomic E-state index is 12.0. The molecule has 2 saturated heterocycles. The van der Waals surface area contributed by atoms with Gasteiger partial charge in [-0.25, -0.2) is 24.3 Å². The summed E-state index contributed by atoms with van der Waals surface area (Å²) in [5.74, 6) is 0.206. The summed E-state index contributed by atoms with van der Waals surface area (Å²) in [7, 11) is -4.74. The van der Waals surface area contributed by atoms with Gasteiger partial charge in [-0.3, -0.25) is 14.4 Å². The maximum absolute atomic E-state index is 12.0. The molecule has 4 N–H and O–H groups in total. The van der Waals surface area contributed by atoms with Crippen molar-refractivity contribution in [2.75, 3.05) is 18.5 Å². The number of imidazole rings is 1. The Kier molecular flexibility index (Phi) is 7.31. The second-order valence-electron chi connectivity index (χ2n) is 8.22. The molecule has 0 aliphatic carbocycles. The van der Waals surface area contributed by atoms with E-state index in [1.54, 1.807) is 17.6 Å². The van der Waals surface area contributed by atoms with Crippen molar-refractivity contribution in [3.8, 4) is 0 Å². The Hall–Kier alpha value is -3.23. The molecule has 0 saturated carbocycles. The summed E-state index contributed by atoms with van der Waals surface area (Å²) in [6.45, 7) is 1.80. The van der Waals surface area contributed by atoms with Crippen molar-refractivity contribution in [1.82, 2.24) is 24.8 Å². The van der Waals surface area contributed by atoms with Gasteiger partial charge in [-0.05, 0) is 18.6 Å². The van der Waals surface area contributed by atoms with E-state index in [1.165, 1.54) is 12.7 Å². The molecule has 37 heavy (non-hydrogen) atoms. The van der Waals surface area contributed by atoms with Gasteiger partial charge in [-0.15, -0.1) is 0 Å². The van der Waals surface area contributed by atoms with Crippen LogP contribution in [0.1, 0.15) is 18.7 Å². The second-order valence-corrected chi connectivity index (χ2v) is 9.46. The van der Waals surface area contributed by atoms with E-state index in [0.29, 0.717) is 17.7 Å². The fourth-order valence-electron chi connectivity index (χ4n) is 4.17. The summed E-state index contributed by atoms with van der Waals surface area (Å²) in [5.41, 5.74) is 1.63. The van der Waals surface area contributed by atoms with Crippen LogP contribution in [0.4, 0.5) is 10.6 Å². The maximum Gasteiger partial charge on any atom is 0.469 e. The molecule has 15 heteroatoms. The van der Waals surface area contributed by atoms with Gasteiger partial charge in [-0.1, -0.05) is 36.4 Å². The minimum absolute atomic E-state index is 0.206. The Morgan fingerprint density at radius 1 is 1.16 bits per heavy atom. The zero-order chi connectivity index (χ0) is 26.0. The summed E-state index contributed by atoms with van der Waals surface area (Å²) >= 11 is 0. The first kappa shape index (κ1) is 25.4. The minimum atomic E-state index is -4.74. The molecule has 0 bridgehead atoms. The van der Waals surface area contributed by atoms with Crippen molar-refractivity contribution < 1.29 is 37.9 Å². The van der Waals surface area contributed by atoms with Gasteiger partial charge in [0.05, 0.1) is 12.9 Å². The van der Waals surface area contributed by atoms with Crippen molar-refractivity contribution in [2.45, 2.75) is 37.8 Å². The normalized spacial score (nSPS) is 25.5. The zero-order valence-electron chi connectivity index (χ0n) is 19.6. The number of fused-ring (bicyclic) bond motifs is 2. The number of urea groups is 1. The van der Waals surface area contributed by atoms with Crippen LogP contribution < -0.4 is 10.6 Å². The number of carbonyl (C=O) groups excluding carboxylic acids is 1. The fraction of sp³-hybridized carbons (Fsp3) is 0.364. The molecule has 14 nitrogen and oxygen atoms in total. The van der Waals surface area contributed by atoms with Crippen LogP contribution in [0.5, 0.6) is 0 Å². The molecule has 2 amide bonds. The quantitative estimate of drug-likeness (QED) is 0.311. The van der Waals surface area contributed by atoms with Gasteiger partial charge in [0.25, 0.3) is 0 Å². The van der Waals surface area contributed by atoms with Crippen LogP contribution in [0.15, 0.2) is 49.1 Å². The van der Waals surface area contributed by atoms with Crippen LogP contribution in [0.25, 0.3) is 17.2 Å². The molecule has 196 valence electrons. The highest BCUT2D eigenvalue weighted by Gasteiger charge is 2.53. The molecule has 3 aromatic rings. The molecule has 0 radical (unpaired) electrons. The number of aromatic nitrogens is 4. The Bertz CT molecular complexity index is 1330. The molecular weight excluding hydrogens is 507 g/mol. The first-order valence-electron chi connectivity index (χ1n) is 11.4. The molecule has 2 aromatic heterocycles. The third kappa shape index (κ3) is 5.70. The first-order valence-corrected chi connectivity index (χ1v) is 13.0. The zero-order valence-corrected chi connectivity index (χ0v) is 20.5. The van der Waals surface area contributed by atoms with Gasteiger partial charge in [0.15, 0.2) is 29.5 Å². The molecule has 2 unspecified atom stereocenters. The summed E-state index contributed by atoms with van der Waals surface area (Å²) in [5, 5.41) is 5.25. The minimum Gasteiger partial charge on any atom is -0.347 e. The van der Waals surface area contributed by atoms with Gasteiger partial charge < -0.3 is 29.3 Å². The third-order valence-corrected chi connectivity index (χ3v) is 6.21. The highest BCUT2D eigenvalue weighted by molar-refractivity contribution is 7.46.